The minimum Gasteiger partial charge on any atom is -0.508 e. The second kappa shape index (κ2) is 10.6. The van der Waals surface area contributed by atoms with Crippen LogP contribution in [0, 0.1) is 0 Å². The van der Waals surface area contributed by atoms with E-state index < -0.39 is 21.8 Å². The van der Waals surface area contributed by atoms with Gasteiger partial charge in [0.15, 0.2) is 6.61 Å². The summed E-state index contributed by atoms with van der Waals surface area (Å²) in [6, 6.07) is 9.05. The molecule has 0 unspecified atom stereocenters. The van der Waals surface area contributed by atoms with E-state index in [1.54, 1.807) is 18.2 Å². The standard InChI is InChI=1S/C20H23Br2NO6S/c1-12(2)15-7-13(3-4-19(15)24)8-16-17(21)9-14(10-18(16)22)29-11-20(25)23-5-6-30(26,27)28/h3-4,7,9-10,12,24H,5-6,8,11H2,1-2H3,(H,23,25)(H,26,27,28). The lowest BCUT2D eigenvalue weighted by Gasteiger charge is -2.14. The number of phenols is 1. The van der Waals surface area contributed by atoms with Gasteiger partial charge in [-0.15, -0.1) is 0 Å². The van der Waals surface area contributed by atoms with Crippen molar-refractivity contribution in [2.45, 2.75) is 26.2 Å². The lowest BCUT2D eigenvalue weighted by molar-refractivity contribution is -0.122. The first-order valence-electron chi connectivity index (χ1n) is 9.10. The fourth-order valence-electron chi connectivity index (χ4n) is 2.73. The molecule has 3 N–H and O–H groups in total. The topological polar surface area (TPSA) is 113 Å². The van der Waals surface area contributed by atoms with Crippen LogP contribution in [-0.4, -0.2) is 42.9 Å². The summed E-state index contributed by atoms with van der Waals surface area (Å²) in [6.45, 7) is 3.56. The molecule has 0 radical (unpaired) electrons. The van der Waals surface area contributed by atoms with E-state index in [4.69, 9.17) is 9.29 Å². The van der Waals surface area contributed by atoms with Crippen molar-refractivity contribution in [2.24, 2.45) is 0 Å². The van der Waals surface area contributed by atoms with Crippen LogP contribution >= 0.6 is 31.9 Å². The van der Waals surface area contributed by atoms with Crippen molar-refractivity contribution in [2.75, 3.05) is 18.9 Å². The van der Waals surface area contributed by atoms with Crippen molar-refractivity contribution in [1.29, 1.82) is 0 Å². The van der Waals surface area contributed by atoms with E-state index in [-0.39, 0.29) is 24.8 Å². The van der Waals surface area contributed by atoms with Gasteiger partial charge in [-0.25, -0.2) is 0 Å². The molecule has 0 saturated heterocycles. The van der Waals surface area contributed by atoms with Crippen molar-refractivity contribution in [3.05, 3.63) is 56.0 Å². The smallest absolute Gasteiger partial charge is 0.266 e. The predicted molar refractivity (Wildman–Crippen MR) is 122 cm³/mol. The summed E-state index contributed by atoms with van der Waals surface area (Å²) in [7, 11) is -4.12. The second-order valence-corrected chi connectivity index (χ2v) is 10.3. The summed E-state index contributed by atoms with van der Waals surface area (Å²) in [6.07, 6.45) is 0.623. The summed E-state index contributed by atoms with van der Waals surface area (Å²) >= 11 is 7.07. The third-order valence-corrected chi connectivity index (χ3v) is 6.40. The molecule has 0 aliphatic rings. The molecule has 0 saturated carbocycles. The van der Waals surface area contributed by atoms with Crippen LogP contribution in [0.2, 0.25) is 0 Å². The first-order valence-corrected chi connectivity index (χ1v) is 12.3. The van der Waals surface area contributed by atoms with Crippen molar-refractivity contribution in [3.8, 4) is 11.5 Å². The molecule has 0 bridgehead atoms. The Balaban J connectivity index is 2.03. The number of nitrogens with one attached hydrogen (secondary N) is 1. The fraction of sp³-hybridized carbons (Fsp3) is 0.350. The number of halogens is 2. The maximum absolute atomic E-state index is 11.7. The first kappa shape index (κ1) is 24.6. The van der Waals surface area contributed by atoms with E-state index in [1.165, 1.54) is 0 Å². The van der Waals surface area contributed by atoms with Crippen LogP contribution in [0.3, 0.4) is 0 Å². The average Bonchev–Trinajstić information content (AvgIpc) is 2.63. The number of amides is 1. The Labute approximate surface area is 192 Å². The van der Waals surface area contributed by atoms with E-state index in [9.17, 15) is 18.3 Å². The summed E-state index contributed by atoms with van der Waals surface area (Å²) in [5, 5.41) is 12.4. The number of ether oxygens (including phenoxy) is 1. The van der Waals surface area contributed by atoms with Crippen LogP contribution in [0.15, 0.2) is 39.3 Å². The van der Waals surface area contributed by atoms with Crippen molar-refractivity contribution < 1.29 is 27.6 Å². The number of hydrogen-bond acceptors (Lipinski definition) is 5. The van der Waals surface area contributed by atoms with Crippen LogP contribution in [0.4, 0.5) is 0 Å². The lowest BCUT2D eigenvalue weighted by atomic mass is 9.96. The molecule has 0 fully saturated rings. The third kappa shape index (κ3) is 7.57. The number of carbonyl (C=O) groups is 1. The first-order chi connectivity index (χ1) is 14.0. The fourth-order valence-corrected chi connectivity index (χ4v) is 4.52. The SMILES string of the molecule is CC(C)c1cc(Cc2c(Br)cc(OCC(=O)NCCS(=O)(=O)O)cc2Br)ccc1O. The highest BCUT2D eigenvalue weighted by molar-refractivity contribution is 9.11. The molecule has 0 atom stereocenters. The Morgan fingerprint density at radius 1 is 1.17 bits per heavy atom. The van der Waals surface area contributed by atoms with Gasteiger partial charge in [0.1, 0.15) is 11.5 Å². The quantitative estimate of drug-likeness (QED) is 0.397. The largest absolute Gasteiger partial charge is 0.508 e. The molecular weight excluding hydrogens is 542 g/mol. The summed E-state index contributed by atoms with van der Waals surface area (Å²) in [5.74, 6) is -0.113. The zero-order chi connectivity index (χ0) is 22.5. The van der Waals surface area contributed by atoms with Crippen LogP contribution in [0.25, 0.3) is 0 Å². The zero-order valence-corrected chi connectivity index (χ0v) is 20.5. The third-order valence-electron chi connectivity index (χ3n) is 4.26. The summed E-state index contributed by atoms with van der Waals surface area (Å²) < 4.78 is 37.0. The second-order valence-electron chi connectivity index (χ2n) is 7.01. The van der Waals surface area contributed by atoms with E-state index in [1.807, 2.05) is 26.0 Å². The van der Waals surface area contributed by atoms with E-state index in [2.05, 4.69) is 37.2 Å². The monoisotopic (exact) mass is 563 g/mol. The van der Waals surface area contributed by atoms with Gasteiger partial charge >= 0.3 is 0 Å². The van der Waals surface area contributed by atoms with Crippen LogP contribution in [0.1, 0.15) is 36.5 Å². The Morgan fingerprint density at radius 3 is 2.37 bits per heavy atom. The summed E-state index contributed by atoms with van der Waals surface area (Å²) in [5.41, 5.74) is 2.92. The van der Waals surface area contributed by atoms with Crippen LogP contribution in [0.5, 0.6) is 11.5 Å². The van der Waals surface area contributed by atoms with Gasteiger partial charge in [0.25, 0.3) is 16.0 Å². The van der Waals surface area contributed by atoms with E-state index in [0.717, 1.165) is 25.6 Å². The van der Waals surface area contributed by atoms with Gasteiger partial charge < -0.3 is 15.2 Å². The highest BCUT2D eigenvalue weighted by Crippen LogP contribution is 2.34. The van der Waals surface area contributed by atoms with Gasteiger partial charge in [-0.05, 0) is 47.2 Å². The Bertz CT molecular complexity index is 1000. The predicted octanol–water partition coefficient (Wildman–Crippen LogP) is 4.01. The molecule has 1 amide bonds. The molecule has 0 aliphatic carbocycles. The molecule has 7 nitrogen and oxygen atoms in total. The van der Waals surface area contributed by atoms with Gasteiger partial charge in [0.05, 0.1) is 5.75 Å². The van der Waals surface area contributed by atoms with Crippen molar-refractivity contribution in [3.63, 3.8) is 0 Å². The minimum absolute atomic E-state index is 0.196. The van der Waals surface area contributed by atoms with Gasteiger partial charge in [0.2, 0.25) is 0 Å². The number of carbonyl (C=O) groups excluding carboxylic acids is 1. The molecule has 0 spiro atoms. The number of phenolic OH excluding ortho intramolecular Hbond substituents is 1. The number of aromatic hydroxyl groups is 1. The molecule has 10 heteroatoms. The number of benzene rings is 2. The summed E-state index contributed by atoms with van der Waals surface area (Å²) in [4.78, 5) is 11.7. The van der Waals surface area contributed by atoms with Crippen LogP contribution in [-0.2, 0) is 21.3 Å². The Kier molecular flexibility index (Phi) is 8.72. The van der Waals surface area contributed by atoms with Gasteiger partial charge in [-0.3, -0.25) is 9.35 Å². The van der Waals surface area contributed by atoms with Crippen molar-refractivity contribution in [1.82, 2.24) is 5.32 Å². The van der Waals surface area contributed by atoms with Gasteiger partial charge in [0, 0.05) is 15.5 Å². The van der Waals surface area contributed by atoms with Crippen LogP contribution < -0.4 is 10.1 Å². The number of rotatable bonds is 9. The Hall–Kier alpha value is -1.62. The molecule has 2 aromatic carbocycles. The maximum Gasteiger partial charge on any atom is 0.266 e. The molecule has 30 heavy (non-hydrogen) atoms. The highest BCUT2D eigenvalue weighted by atomic mass is 79.9. The maximum atomic E-state index is 11.7. The molecule has 0 heterocycles. The Morgan fingerprint density at radius 2 is 1.80 bits per heavy atom. The molecule has 2 rings (SSSR count). The normalized spacial score (nSPS) is 11.5. The van der Waals surface area contributed by atoms with Crippen molar-refractivity contribution >= 4 is 47.9 Å². The molecule has 0 aliphatic heterocycles. The van der Waals surface area contributed by atoms with E-state index >= 15 is 0 Å². The van der Waals surface area contributed by atoms with E-state index in [0.29, 0.717) is 12.2 Å². The lowest BCUT2D eigenvalue weighted by Crippen LogP contribution is -2.32. The minimum atomic E-state index is -4.12. The number of hydrogen-bond donors (Lipinski definition) is 3. The van der Waals surface area contributed by atoms with Gasteiger partial charge in [-0.1, -0.05) is 57.8 Å². The molecule has 164 valence electrons. The zero-order valence-electron chi connectivity index (χ0n) is 16.5. The highest BCUT2D eigenvalue weighted by Gasteiger charge is 2.13. The molecular formula is C20H23Br2NO6S. The molecule has 0 aromatic heterocycles. The average molecular weight is 565 g/mol. The van der Waals surface area contributed by atoms with Gasteiger partial charge in [-0.2, -0.15) is 8.42 Å². The molecule has 2 aromatic rings.